The number of nitrogens with one attached hydrogen (secondary N) is 1. The lowest BCUT2D eigenvalue weighted by atomic mass is 10.2. The molecule has 0 bridgehead atoms. The van der Waals surface area contributed by atoms with Crippen molar-refractivity contribution in [1.29, 1.82) is 0 Å². The van der Waals surface area contributed by atoms with E-state index < -0.39 is 0 Å². The fourth-order valence-electron chi connectivity index (χ4n) is 1.64. The molecule has 0 aromatic heterocycles. The zero-order chi connectivity index (χ0) is 13.9. The third-order valence-electron chi connectivity index (χ3n) is 2.50. The second-order valence-corrected chi connectivity index (χ2v) is 4.52. The van der Waals surface area contributed by atoms with E-state index in [0.29, 0.717) is 26.4 Å². The molecule has 0 atom stereocenters. The molecule has 1 rings (SSSR count). The van der Waals surface area contributed by atoms with E-state index in [-0.39, 0.29) is 6.10 Å². The summed E-state index contributed by atoms with van der Waals surface area (Å²) in [5.41, 5.74) is 1.16. The zero-order valence-electron chi connectivity index (χ0n) is 12.1. The van der Waals surface area contributed by atoms with Crippen molar-refractivity contribution in [2.24, 2.45) is 0 Å². The maximum absolute atomic E-state index is 5.71. The van der Waals surface area contributed by atoms with Crippen LogP contribution in [0.15, 0.2) is 24.3 Å². The molecule has 0 aliphatic carbocycles. The first-order valence-corrected chi connectivity index (χ1v) is 6.78. The van der Waals surface area contributed by atoms with Gasteiger partial charge in [-0.05, 0) is 27.0 Å². The van der Waals surface area contributed by atoms with Gasteiger partial charge in [0.1, 0.15) is 12.4 Å². The van der Waals surface area contributed by atoms with Crippen LogP contribution in [-0.2, 0) is 16.0 Å². The fraction of sp³-hybridized carbons (Fsp3) is 0.600. The number of hydrogen-bond acceptors (Lipinski definition) is 4. The van der Waals surface area contributed by atoms with Crippen LogP contribution in [-0.4, -0.2) is 39.6 Å². The lowest BCUT2D eigenvalue weighted by Crippen LogP contribution is -2.14. The molecule has 19 heavy (non-hydrogen) atoms. The lowest BCUT2D eigenvalue weighted by molar-refractivity contribution is 0.0124. The molecule has 0 saturated carbocycles. The average molecular weight is 267 g/mol. The van der Waals surface area contributed by atoms with Crippen LogP contribution >= 0.6 is 0 Å². The summed E-state index contributed by atoms with van der Waals surface area (Å²) in [6.45, 7) is 7.22. The summed E-state index contributed by atoms with van der Waals surface area (Å²) in [7, 11) is 1.93. The third kappa shape index (κ3) is 7.15. The van der Waals surface area contributed by atoms with Crippen molar-refractivity contribution in [3.8, 4) is 5.75 Å². The monoisotopic (exact) mass is 267 g/mol. The van der Waals surface area contributed by atoms with Gasteiger partial charge in [0.15, 0.2) is 0 Å². The molecule has 1 aromatic carbocycles. The normalized spacial score (nSPS) is 10.9. The first-order valence-electron chi connectivity index (χ1n) is 6.78. The summed E-state index contributed by atoms with van der Waals surface area (Å²) >= 11 is 0. The highest BCUT2D eigenvalue weighted by Gasteiger charge is 2.01. The van der Waals surface area contributed by atoms with Crippen molar-refractivity contribution >= 4 is 0 Å². The predicted octanol–water partition coefficient (Wildman–Crippen LogP) is 2.23. The highest BCUT2D eigenvalue weighted by molar-refractivity contribution is 5.33. The standard InChI is InChI=1S/C15H25NO3/c1-13(2)18-10-8-17-9-11-19-15-7-5-4-6-14(15)12-16-3/h4-7,13,16H,8-12H2,1-3H3. The van der Waals surface area contributed by atoms with Crippen LogP contribution in [0.25, 0.3) is 0 Å². The van der Waals surface area contributed by atoms with Gasteiger partial charge in [-0.1, -0.05) is 18.2 Å². The molecule has 108 valence electrons. The van der Waals surface area contributed by atoms with E-state index in [0.717, 1.165) is 17.9 Å². The van der Waals surface area contributed by atoms with E-state index in [4.69, 9.17) is 14.2 Å². The molecule has 1 aromatic rings. The summed E-state index contributed by atoms with van der Waals surface area (Å²) in [4.78, 5) is 0. The minimum absolute atomic E-state index is 0.258. The van der Waals surface area contributed by atoms with Gasteiger partial charge in [0.05, 0.1) is 25.9 Å². The first-order chi connectivity index (χ1) is 9.24. The molecule has 4 nitrogen and oxygen atoms in total. The zero-order valence-corrected chi connectivity index (χ0v) is 12.1. The number of hydrogen-bond donors (Lipinski definition) is 1. The van der Waals surface area contributed by atoms with Crippen molar-refractivity contribution in [2.45, 2.75) is 26.5 Å². The third-order valence-corrected chi connectivity index (χ3v) is 2.50. The molecule has 0 aliphatic heterocycles. The van der Waals surface area contributed by atoms with Crippen LogP contribution in [0, 0.1) is 0 Å². The van der Waals surface area contributed by atoms with Gasteiger partial charge in [-0.25, -0.2) is 0 Å². The van der Waals surface area contributed by atoms with Gasteiger partial charge in [0, 0.05) is 12.1 Å². The lowest BCUT2D eigenvalue weighted by Gasteiger charge is -2.12. The molecular weight excluding hydrogens is 242 g/mol. The van der Waals surface area contributed by atoms with Crippen molar-refractivity contribution in [3.63, 3.8) is 0 Å². The molecule has 0 unspecified atom stereocenters. The maximum atomic E-state index is 5.71. The van der Waals surface area contributed by atoms with Gasteiger partial charge in [-0.2, -0.15) is 0 Å². The van der Waals surface area contributed by atoms with E-state index in [1.165, 1.54) is 0 Å². The van der Waals surface area contributed by atoms with Gasteiger partial charge < -0.3 is 19.5 Å². The quantitative estimate of drug-likeness (QED) is 0.660. The summed E-state index contributed by atoms with van der Waals surface area (Å²) in [6.07, 6.45) is 0.258. The van der Waals surface area contributed by atoms with E-state index in [2.05, 4.69) is 11.4 Å². The summed E-state index contributed by atoms with van der Waals surface area (Å²) in [6, 6.07) is 8.03. The number of rotatable bonds is 10. The first kappa shape index (κ1) is 16.0. The van der Waals surface area contributed by atoms with Gasteiger partial charge in [0.25, 0.3) is 0 Å². The Labute approximate surface area is 116 Å². The summed E-state index contributed by atoms with van der Waals surface area (Å²) in [5.74, 6) is 0.916. The Balaban J connectivity index is 2.15. The molecule has 4 heteroatoms. The van der Waals surface area contributed by atoms with Gasteiger partial charge >= 0.3 is 0 Å². The minimum atomic E-state index is 0.258. The Bertz CT molecular complexity index is 342. The highest BCUT2D eigenvalue weighted by Crippen LogP contribution is 2.17. The Hall–Kier alpha value is -1.10. The van der Waals surface area contributed by atoms with Crippen molar-refractivity contribution in [3.05, 3.63) is 29.8 Å². The molecular formula is C15H25NO3. The summed E-state index contributed by atoms with van der Waals surface area (Å²) < 4.78 is 16.5. The molecule has 0 radical (unpaired) electrons. The van der Waals surface area contributed by atoms with E-state index in [1.807, 2.05) is 39.1 Å². The number of para-hydroxylation sites is 1. The predicted molar refractivity (Wildman–Crippen MR) is 76.6 cm³/mol. The van der Waals surface area contributed by atoms with Gasteiger partial charge in [-0.15, -0.1) is 0 Å². The van der Waals surface area contributed by atoms with Gasteiger partial charge in [-0.3, -0.25) is 0 Å². The van der Waals surface area contributed by atoms with E-state index >= 15 is 0 Å². The largest absolute Gasteiger partial charge is 0.491 e. The molecule has 0 spiro atoms. The highest BCUT2D eigenvalue weighted by atomic mass is 16.5. The molecule has 0 aliphatic rings. The number of ether oxygens (including phenoxy) is 3. The Morgan fingerprint density at radius 3 is 2.53 bits per heavy atom. The summed E-state index contributed by atoms with van der Waals surface area (Å²) in [5, 5.41) is 3.13. The van der Waals surface area contributed by atoms with Crippen molar-refractivity contribution in [2.75, 3.05) is 33.5 Å². The van der Waals surface area contributed by atoms with E-state index in [1.54, 1.807) is 0 Å². The Morgan fingerprint density at radius 1 is 1.05 bits per heavy atom. The van der Waals surface area contributed by atoms with Gasteiger partial charge in [0.2, 0.25) is 0 Å². The Morgan fingerprint density at radius 2 is 1.79 bits per heavy atom. The molecule has 0 fully saturated rings. The molecule has 0 amide bonds. The van der Waals surface area contributed by atoms with Crippen LogP contribution in [0.3, 0.4) is 0 Å². The number of benzene rings is 1. The molecule has 0 saturated heterocycles. The van der Waals surface area contributed by atoms with Crippen LogP contribution in [0.4, 0.5) is 0 Å². The SMILES string of the molecule is CNCc1ccccc1OCCOCCOC(C)C. The van der Waals surface area contributed by atoms with Crippen molar-refractivity contribution in [1.82, 2.24) is 5.32 Å². The molecule has 1 N–H and O–H groups in total. The van der Waals surface area contributed by atoms with Crippen LogP contribution < -0.4 is 10.1 Å². The van der Waals surface area contributed by atoms with Crippen LogP contribution in [0.1, 0.15) is 19.4 Å². The fourth-order valence-corrected chi connectivity index (χ4v) is 1.64. The minimum Gasteiger partial charge on any atom is -0.491 e. The second kappa shape index (κ2) is 9.78. The molecule has 0 heterocycles. The van der Waals surface area contributed by atoms with E-state index in [9.17, 15) is 0 Å². The average Bonchev–Trinajstić information content (AvgIpc) is 2.39. The smallest absolute Gasteiger partial charge is 0.123 e. The maximum Gasteiger partial charge on any atom is 0.123 e. The second-order valence-electron chi connectivity index (χ2n) is 4.52. The van der Waals surface area contributed by atoms with Crippen molar-refractivity contribution < 1.29 is 14.2 Å². The Kier molecular flexibility index (Phi) is 8.21. The van der Waals surface area contributed by atoms with Crippen LogP contribution in [0.5, 0.6) is 5.75 Å². The topological polar surface area (TPSA) is 39.7 Å². The van der Waals surface area contributed by atoms with Crippen LogP contribution in [0.2, 0.25) is 0 Å².